The van der Waals surface area contributed by atoms with Crippen molar-refractivity contribution in [2.24, 2.45) is 23.7 Å². The van der Waals surface area contributed by atoms with E-state index >= 15 is 0 Å². The molecule has 4 heteroatoms. The average Bonchev–Trinajstić information content (AvgIpc) is 3.12. The molecular formula is C18H16O4. The molecule has 3 fully saturated rings. The highest BCUT2D eigenvalue weighted by Gasteiger charge is 2.92. The quantitative estimate of drug-likeness (QED) is 0.617. The minimum atomic E-state index is -1.12. The number of carbonyl (C=O) groups excluding carboxylic acids is 2. The summed E-state index contributed by atoms with van der Waals surface area (Å²) in [4.78, 5) is 25.2. The molecule has 0 spiro atoms. The fourth-order valence-corrected chi connectivity index (χ4v) is 5.71. The summed E-state index contributed by atoms with van der Waals surface area (Å²) in [6, 6.07) is 9.61. The summed E-state index contributed by atoms with van der Waals surface area (Å²) in [6.07, 6.45) is 5.40. The number of allylic oxidation sites excluding steroid dienone is 2. The van der Waals surface area contributed by atoms with Crippen LogP contribution in [0.25, 0.3) is 0 Å². The number of benzene rings is 1. The predicted octanol–water partition coefficient (Wildman–Crippen LogP) is 1.84. The molecule has 0 amide bonds. The van der Waals surface area contributed by atoms with E-state index in [-0.39, 0.29) is 17.8 Å². The summed E-state index contributed by atoms with van der Waals surface area (Å²) in [5.41, 5.74) is -1.08. The van der Waals surface area contributed by atoms with Crippen LogP contribution in [0.3, 0.4) is 0 Å². The van der Waals surface area contributed by atoms with Gasteiger partial charge in [0.15, 0.2) is 0 Å². The van der Waals surface area contributed by atoms with Gasteiger partial charge >= 0.3 is 11.9 Å². The molecule has 1 aromatic carbocycles. The molecule has 1 heterocycles. The van der Waals surface area contributed by atoms with Crippen molar-refractivity contribution in [3.63, 3.8) is 0 Å². The van der Waals surface area contributed by atoms with Crippen molar-refractivity contribution in [2.45, 2.75) is 17.4 Å². The maximum atomic E-state index is 12.6. The van der Waals surface area contributed by atoms with Crippen LogP contribution in [0.4, 0.5) is 0 Å². The Morgan fingerprint density at radius 3 is 2.50 bits per heavy atom. The highest BCUT2D eigenvalue weighted by molar-refractivity contribution is 6.06. The number of carbonyl (C=O) groups is 2. The SMILES string of the molecule is COC(=O)C12OC(=O)C1(c1ccccc1)C1C3C=CC(C3)C12. The lowest BCUT2D eigenvalue weighted by Gasteiger charge is -2.71. The number of hydrogen-bond acceptors (Lipinski definition) is 4. The molecule has 4 nitrogen and oxygen atoms in total. The van der Waals surface area contributed by atoms with Crippen LogP contribution < -0.4 is 0 Å². The summed E-state index contributed by atoms with van der Waals surface area (Å²) in [5, 5.41) is 0. The van der Waals surface area contributed by atoms with E-state index in [0.29, 0.717) is 11.8 Å². The predicted molar refractivity (Wildman–Crippen MR) is 76.7 cm³/mol. The van der Waals surface area contributed by atoms with Gasteiger partial charge in [0.05, 0.1) is 7.11 Å². The third-order valence-corrected chi connectivity index (χ3v) is 6.31. The standard InChI is InChI=1S/C18H16O4/c1-21-16(20)18-14-11-8-7-10(9-11)13(14)17(18,15(19)22-18)12-5-3-2-4-6-12/h2-8,10-11,13-14H,9H2,1H3. The monoisotopic (exact) mass is 296 g/mol. The molecule has 0 N–H and O–H groups in total. The molecule has 4 aliphatic rings. The normalized spacial score (nSPS) is 46.1. The largest absolute Gasteiger partial charge is 0.466 e. The van der Waals surface area contributed by atoms with E-state index in [1.807, 2.05) is 30.3 Å². The molecule has 2 bridgehead atoms. The van der Waals surface area contributed by atoms with E-state index < -0.39 is 17.0 Å². The third-order valence-electron chi connectivity index (χ3n) is 6.31. The second kappa shape index (κ2) is 3.62. The third kappa shape index (κ3) is 0.962. The Labute approximate surface area is 128 Å². The number of fused-ring (bicyclic) bond motifs is 8. The average molecular weight is 296 g/mol. The van der Waals surface area contributed by atoms with Gasteiger partial charge in [-0.2, -0.15) is 0 Å². The van der Waals surface area contributed by atoms with E-state index in [1.165, 1.54) is 7.11 Å². The van der Waals surface area contributed by atoms with Gasteiger partial charge in [-0.3, -0.25) is 4.79 Å². The van der Waals surface area contributed by atoms with E-state index in [9.17, 15) is 9.59 Å². The van der Waals surface area contributed by atoms with Gasteiger partial charge in [0, 0.05) is 5.92 Å². The highest BCUT2D eigenvalue weighted by atomic mass is 16.6. The van der Waals surface area contributed by atoms with Crippen LogP contribution in [0.5, 0.6) is 0 Å². The van der Waals surface area contributed by atoms with Crippen molar-refractivity contribution in [2.75, 3.05) is 7.11 Å². The zero-order chi connectivity index (χ0) is 15.1. The summed E-state index contributed by atoms with van der Waals surface area (Å²) in [6.45, 7) is 0. The van der Waals surface area contributed by atoms with Gasteiger partial charge in [0.2, 0.25) is 5.60 Å². The summed E-state index contributed by atoms with van der Waals surface area (Å²) in [7, 11) is 1.37. The minimum Gasteiger partial charge on any atom is -0.466 e. The number of rotatable bonds is 2. The Kier molecular flexibility index (Phi) is 2.05. The molecule has 6 unspecified atom stereocenters. The summed E-state index contributed by atoms with van der Waals surface area (Å²) < 4.78 is 10.6. The lowest BCUT2D eigenvalue weighted by Crippen LogP contribution is -2.89. The van der Waals surface area contributed by atoms with Gasteiger partial charge in [-0.15, -0.1) is 0 Å². The van der Waals surface area contributed by atoms with Crippen LogP contribution in [0.15, 0.2) is 42.5 Å². The maximum Gasteiger partial charge on any atom is 0.352 e. The molecule has 0 aromatic heterocycles. The van der Waals surface area contributed by atoms with Crippen LogP contribution in [-0.4, -0.2) is 24.6 Å². The molecule has 1 saturated heterocycles. The number of hydrogen-bond donors (Lipinski definition) is 0. The van der Waals surface area contributed by atoms with Gasteiger partial charge in [0.25, 0.3) is 0 Å². The lowest BCUT2D eigenvalue weighted by atomic mass is 9.36. The first-order valence-electron chi connectivity index (χ1n) is 7.73. The molecule has 5 rings (SSSR count). The molecule has 6 atom stereocenters. The first-order chi connectivity index (χ1) is 10.7. The van der Waals surface area contributed by atoms with Crippen molar-refractivity contribution < 1.29 is 19.1 Å². The van der Waals surface area contributed by atoms with Crippen LogP contribution in [-0.2, 0) is 24.5 Å². The van der Waals surface area contributed by atoms with Gasteiger partial charge in [-0.05, 0) is 29.7 Å². The topological polar surface area (TPSA) is 52.6 Å². The van der Waals surface area contributed by atoms with Gasteiger partial charge in [-0.1, -0.05) is 42.5 Å². The van der Waals surface area contributed by atoms with Crippen molar-refractivity contribution in [1.82, 2.24) is 0 Å². The number of methoxy groups -OCH3 is 1. The Hall–Kier alpha value is -2.10. The second-order valence-electron chi connectivity index (χ2n) is 6.79. The Morgan fingerprint density at radius 1 is 1.18 bits per heavy atom. The molecule has 1 aromatic rings. The summed E-state index contributed by atoms with van der Waals surface area (Å²) in [5.74, 6) is 0.224. The first-order valence-corrected chi connectivity index (χ1v) is 7.73. The fourth-order valence-electron chi connectivity index (χ4n) is 5.71. The van der Waals surface area contributed by atoms with Crippen molar-refractivity contribution in [3.05, 3.63) is 48.0 Å². The zero-order valence-electron chi connectivity index (χ0n) is 12.2. The van der Waals surface area contributed by atoms with Crippen molar-refractivity contribution >= 4 is 11.9 Å². The second-order valence-corrected chi connectivity index (χ2v) is 6.79. The summed E-state index contributed by atoms with van der Waals surface area (Å²) >= 11 is 0. The first kappa shape index (κ1) is 12.4. The van der Waals surface area contributed by atoms with E-state index in [2.05, 4.69) is 12.2 Å². The number of esters is 2. The Morgan fingerprint density at radius 2 is 1.86 bits per heavy atom. The van der Waals surface area contributed by atoms with Crippen LogP contribution in [0, 0.1) is 23.7 Å². The van der Waals surface area contributed by atoms with E-state index in [4.69, 9.17) is 9.47 Å². The van der Waals surface area contributed by atoms with Crippen molar-refractivity contribution in [3.8, 4) is 0 Å². The van der Waals surface area contributed by atoms with Crippen LogP contribution >= 0.6 is 0 Å². The minimum absolute atomic E-state index is 0.0628. The van der Waals surface area contributed by atoms with E-state index in [1.54, 1.807) is 0 Å². The van der Waals surface area contributed by atoms with Gasteiger partial charge in [0.1, 0.15) is 5.41 Å². The highest BCUT2D eigenvalue weighted by Crippen LogP contribution is 2.77. The molecule has 1 aliphatic heterocycles. The smallest absolute Gasteiger partial charge is 0.352 e. The molecular weight excluding hydrogens is 280 g/mol. The van der Waals surface area contributed by atoms with Crippen LogP contribution in [0.1, 0.15) is 12.0 Å². The van der Waals surface area contributed by atoms with E-state index in [0.717, 1.165) is 12.0 Å². The van der Waals surface area contributed by atoms with Crippen molar-refractivity contribution in [1.29, 1.82) is 0 Å². The maximum absolute atomic E-state index is 12.6. The number of ether oxygens (including phenoxy) is 2. The molecule has 112 valence electrons. The van der Waals surface area contributed by atoms with Crippen LogP contribution in [0.2, 0.25) is 0 Å². The van der Waals surface area contributed by atoms with Gasteiger partial charge < -0.3 is 9.47 Å². The Balaban J connectivity index is 1.75. The zero-order valence-corrected chi connectivity index (χ0v) is 12.2. The fraction of sp³-hybridized carbons (Fsp3) is 0.444. The molecule has 2 saturated carbocycles. The molecule has 22 heavy (non-hydrogen) atoms. The molecule has 3 aliphatic carbocycles. The lowest BCUT2D eigenvalue weighted by molar-refractivity contribution is -0.305. The Bertz CT molecular complexity index is 724. The molecule has 0 radical (unpaired) electrons. The van der Waals surface area contributed by atoms with Gasteiger partial charge in [-0.25, -0.2) is 4.79 Å².